The van der Waals surface area contributed by atoms with Gasteiger partial charge in [-0.2, -0.15) is 0 Å². The van der Waals surface area contributed by atoms with Crippen LogP contribution in [0.4, 0.5) is 0 Å². The molecule has 2 N–H and O–H groups in total. The Morgan fingerprint density at radius 2 is 1.92 bits per heavy atom. The number of piperidine rings is 1. The van der Waals surface area contributed by atoms with E-state index in [-0.39, 0.29) is 6.10 Å². The summed E-state index contributed by atoms with van der Waals surface area (Å²) in [5.74, 6) is 1.37. The lowest BCUT2D eigenvalue weighted by Crippen LogP contribution is -2.54. The molecular weight excluding hydrogens is 162 g/mol. The first-order valence-corrected chi connectivity index (χ1v) is 5.61. The predicted octanol–water partition coefficient (Wildman–Crippen LogP) is 1.53. The molecule has 1 saturated heterocycles. The highest BCUT2D eigenvalue weighted by Crippen LogP contribution is 2.35. The van der Waals surface area contributed by atoms with Gasteiger partial charge in [-0.25, -0.2) is 0 Å². The van der Waals surface area contributed by atoms with Crippen LogP contribution in [0.25, 0.3) is 0 Å². The minimum Gasteiger partial charge on any atom is -0.393 e. The van der Waals surface area contributed by atoms with E-state index in [0.717, 1.165) is 12.3 Å². The van der Waals surface area contributed by atoms with Crippen molar-refractivity contribution in [1.29, 1.82) is 0 Å². The summed E-state index contributed by atoms with van der Waals surface area (Å²) in [7, 11) is 0. The van der Waals surface area contributed by atoms with Gasteiger partial charge in [-0.15, -0.1) is 0 Å². The fourth-order valence-corrected chi connectivity index (χ4v) is 3.03. The third-order valence-electron chi connectivity index (χ3n) is 3.75. The van der Waals surface area contributed by atoms with Crippen molar-refractivity contribution >= 4 is 0 Å². The molecule has 0 bridgehead atoms. The molecular formula is C11H21NO. The molecule has 1 aliphatic heterocycles. The molecule has 5 unspecified atom stereocenters. The number of hydrogen-bond donors (Lipinski definition) is 2. The second-order valence-corrected chi connectivity index (χ2v) is 5.06. The van der Waals surface area contributed by atoms with Gasteiger partial charge in [0.15, 0.2) is 0 Å². The molecule has 1 heterocycles. The first-order chi connectivity index (χ1) is 6.16. The van der Waals surface area contributed by atoms with E-state index in [1.807, 2.05) is 0 Å². The normalized spacial score (nSPS) is 51.5. The van der Waals surface area contributed by atoms with Crippen LogP contribution in [0.15, 0.2) is 0 Å². The van der Waals surface area contributed by atoms with E-state index in [1.165, 1.54) is 19.3 Å². The second kappa shape index (κ2) is 3.58. The molecule has 0 aromatic rings. The van der Waals surface area contributed by atoms with Gasteiger partial charge in [-0.05, 0) is 32.1 Å². The molecule has 1 saturated carbocycles. The van der Waals surface area contributed by atoms with Gasteiger partial charge in [-0.1, -0.05) is 13.3 Å². The number of fused-ring (bicyclic) bond motifs is 1. The van der Waals surface area contributed by atoms with Gasteiger partial charge in [0.1, 0.15) is 0 Å². The summed E-state index contributed by atoms with van der Waals surface area (Å²) in [6, 6.07) is 1.09. The maximum atomic E-state index is 9.92. The van der Waals surface area contributed by atoms with E-state index in [0.29, 0.717) is 18.0 Å². The lowest BCUT2D eigenvalue weighted by Gasteiger charge is -2.44. The van der Waals surface area contributed by atoms with Crippen LogP contribution in [0.2, 0.25) is 0 Å². The third kappa shape index (κ3) is 1.89. The highest BCUT2D eigenvalue weighted by molar-refractivity contribution is 4.94. The Morgan fingerprint density at radius 3 is 2.69 bits per heavy atom. The molecule has 2 nitrogen and oxygen atoms in total. The minimum atomic E-state index is -0.0475. The van der Waals surface area contributed by atoms with Crippen LogP contribution in [-0.2, 0) is 0 Å². The van der Waals surface area contributed by atoms with E-state index >= 15 is 0 Å². The Balaban J connectivity index is 2.02. The van der Waals surface area contributed by atoms with Crippen molar-refractivity contribution < 1.29 is 5.11 Å². The number of aliphatic hydroxyl groups is 1. The van der Waals surface area contributed by atoms with Crippen LogP contribution in [0.3, 0.4) is 0 Å². The van der Waals surface area contributed by atoms with E-state index in [1.54, 1.807) is 0 Å². The smallest absolute Gasteiger partial charge is 0.0598 e. The van der Waals surface area contributed by atoms with Gasteiger partial charge in [-0.3, -0.25) is 0 Å². The lowest BCUT2D eigenvalue weighted by molar-refractivity contribution is 0.00703. The Kier molecular flexibility index (Phi) is 2.61. The summed E-state index contributed by atoms with van der Waals surface area (Å²) in [4.78, 5) is 0. The number of aliphatic hydroxyl groups excluding tert-OH is 1. The molecule has 13 heavy (non-hydrogen) atoms. The lowest BCUT2D eigenvalue weighted by atomic mass is 9.73. The maximum Gasteiger partial charge on any atom is 0.0598 e. The minimum absolute atomic E-state index is 0.0475. The zero-order valence-corrected chi connectivity index (χ0v) is 8.66. The highest BCUT2D eigenvalue weighted by atomic mass is 16.3. The van der Waals surface area contributed by atoms with Crippen molar-refractivity contribution in [1.82, 2.24) is 5.32 Å². The summed E-state index contributed by atoms with van der Waals surface area (Å²) in [6.45, 7) is 4.50. The van der Waals surface area contributed by atoms with Gasteiger partial charge in [0, 0.05) is 18.0 Å². The summed E-state index contributed by atoms with van der Waals surface area (Å²) in [5.41, 5.74) is 0. The molecule has 0 aromatic heterocycles. The monoisotopic (exact) mass is 183 g/mol. The Labute approximate surface area is 80.7 Å². The van der Waals surface area contributed by atoms with Crippen molar-refractivity contribution in [2.45, 2.75) is 57.7 Å². The van der Waals surface area contributed by atoms with Gasteiger partial charge in [0.2, 0.25) is 0 Å². The van der Waals surface area contributed by atoms with Crippen LogP contribution in [0.1, 0.15) is 39.5 Å². The summed E-state index contributed by atoms with van der Waals surface area (Å²) in [6.07, 6.45) is 4.66. The Morgan fingerprint density at radius 1 is 1.15 bits per heavy atom. The SMILES string of the molecule is CC1CCC2C(O)CC(C)NC2C1. The topological polar surface area (TPSA) is 32.3 Å². The van der Waals surface area contributed by atoms with Crippen molar-refractivity contribution in [3.63, 3.8) is 0 Å². The zero-order chi connectivity index (χ0) is 9.42. The van der Waals surface area contributed by atoms with Crippen molar-refractivity contribution in [2.75, 3.05) is 0 Å². The molecule has 0 radical (unpaired) electrons. The third-order valence-corrected chi connectivity index (χ3v) is 3.75. The van der Waals surface area contributed by atoms with Crippen LogP contribution in [0, 0.1) is 11.8 Å². The van der Waals surface area contributed by atoms with E-state index in [2.05, 4.69) is 19.2 Å². The molecule has 0 spiro atoms. The number of rotatable bonds is 0. The maximum absolute atomic E-state index is 9.92. The quantitative estimate of drug-likeness (QED) is 0.597. The molecule has 2 rings (SSSR count). The summed E-state index contributed by atoms with van der Waals surface area (Å²) < 4.78 is 0. The van der Waals surface area contributed by atoms with Crippen LogP contribution in [0.5, 0.6) is 0 Å². The average Bonchev–Trinajstić information content (AvgIpc) is 2.02. The van der Waals surface area contributed by atoms with Crippen molar-refractivity contribution in [2.24, 2.45) is 11.8 Å². The van der Waals surface area contributed by atoms with Crippen LogP contribution >= 0.6 is 0 Å². The van der Waals surface area contributed by atoms with Crippen molar-refractivity contribution in [3.8, 4) is 0 Å². The molecule has 2 fully saturated rings. The molecule has 0 amide bonds. The Hall–Kier alpha value is -0.0800. The molecule has 1 aliphatic carbocycles. The predicted molar refractivity (Wildman–Crippen MR) is 53.5 cm³/mol. The highest BCUT2D eigenvalue weighted by Gasteiger charge is 2.37. The molecule has 2 aliphatic rings. The van der Waals surface area contributed by atoms with Gasteiger partial charge in [0.25, 0.3) is 0 Å². The fourth-order valence-electron chi connectivity index (χ4n) is 3.03. The summed E-state index contributed by atoms with van der Waals surface area (Å²) in [5, 5.41) is 13.5. The second-order valence-electron chi connectivity index (χ2n) is 5.06. The van der Waals surface area contributed by atoms with Gasteiger partial charge >= 0.3 is 0 Å². The number of nitrogens with one attached hydrogen (secondary N) is 1. The largest absolute Gasteiger partial charge is 0.393 e. The standard InChI is InChI=1S/C11H21NO/c1-7-3-4-9-10(5-7)12-8(2)6-11(9)13/h7-13H,3-6H2,1-2H3. The van der Waals surface area contributed by atoms with Crippen LogP contribution < -0.4 is 5.32 Å². The Bertz CT molecular complexity index is 181. The first-order valence-electron chi connectivity index (χ1n) is 5.61. The molecule has 5 atom stereocenters. The van der Waals surface area contributed by atoms with Gasteiger partial charge < -0.3 is 10.4 Å². The fraction of sp³-hybridized carbons (Fsp3) is 1.00. The summed E-state index contributed by atoms with van der Waals surface area (Å²) >= 11 is 0. The first kappa shape index (κ1) is 9.47. The van der Waals surface area contributed by atoms with Crippen molar-refractivity contribution in [3.05, 3.63) is 0 Å². The molecule has 2 heteroatoms. The van der Waals surface area contributed by atoms with Gasteiger partial charge in [0.05, 0.1) is 6.10 Å². The van der Waals surface area contributed by atoms with Crippen LogP contribution in [-0.4, -0.2) is 23.3 Å². The van der Waals surface area contributed by atoms with E-state index < -0.39 is 0 Å². The van der Waals surface area contributed by atoms with E-state index in [4.69, 9.17) is 0 Å². The zero-order valence-electron chi connectivity index (χ0n) is 8.66. The average molecular weight is 183 g/mol. The number of hydrogen-bond acceptors (Lipinski definition) is 2. The molecule has 0 aromatic carbocycles. The molecule has 76 valence electrons. The van der Waals surface area contributed by atoms with E-state index in [9.17, 15) is 5.11 Å².